The highest BCUT2D eigenvalue weighted by Gasteiger charge is 2.33. The van der Waals surface area contributed by atoms with E-state index in [0.29, 0.717) is 18.6 Å². The zero-order valence-electron chi connectivity index (χ0n) is 12.4. The van der Waals surface area contributed by atoms with Crippen LogP contribution in [0.1, 0.15) is 46.0 Å². The molecule has 19 heavy (non-hydrogen) atoms. The number of carbonyl (C=O) groups excluding carboxylic acids is 1. The Kier molecular flexibility index (Phi) is 5.22. The molecule has 0 radical (unpaired) electrons. The fourth-order valence-corrected chi connectivity index (χ4v) is 4.05. The molecule has 4 heteroatoms. The molecule has 110 valence electrons. The normalized spacial score (nSPS) is 33.5. The van der Waals surface area contributed by atoms with Crippen LogP contribution in [-0.4, -0.2) is 42.5 Å². The summed E-state index contributed by atoms with van der Waals surface area (Å²) in [5.74, 6) is 1.36. The van der Waals surface area contributed by atoms with Gasteiger partial charge in [0.05, 0.1) is 6.54 Å². The summed E-state index contributed by atoms with van der Waals surface area (Å²) in [7, 11) is 0. The van der Waals surface area contributed by atoms with E-state index in [9.17, 15) is 4.79 Å². The van der Waals surface area contributed by atoms with Gasteiger partial charge < -0.3 is 11.1 Å². The van der Waals surface area contributed by atoms with E-state index in [2.05, 4.69) is 24.1 Å². The highest BCUT2D eigenvalue weighted by atomic mass is 16.1. The first-order chi connectivity index (χ1) is 9.06. The minimum atomic E-state index is -0.176. The maximum Gasteiger partial charge on any atom is 0.231 e. The summed E-state index contributed by atoms with van der Waals surface area (Å²) in [6.45, 7) is 7.26. The summed E-state index contributed by atoms with van der Waals surface area (Å²) in [6, 6.07) is 1.09. The Labute approximate surface area is 117 Å². The molecule has 0 bridgehead atoms. The van der Waals surface area contributed by atoms with Gasteiger partial charge in [-0.3, -0.25) is 9.69 Å². The molecule has 2 rings (SSSR count). The Hall–Kier alpha value is -0.610. The first kappa shape index (κ1) is 14.8. The van der Waals surface area contributed by atoms with Crippen molar-refractivity contribution < 1.29 is 4.79 Å². The van der Waals surface area contributed by atoms with E-state index in [0.717, 1.165) is 37.8 Å². The molecule has 4 nitrogen and oxygen atoms in total. The first-order valence-electron chi connectivity index (χ1n) is 7.81. The van der Waals surface area contributed by atoms with Crippen LogP contribution in [0.2, 0.25) is 0 Å². The number of primary amides is 1. The van der Waals surface area contributed by atoms with Crippen LogP contribution in [0.15, 0.2) is 0 Å². The first-order valence-corrected chi connectivity index (χ1v) is 7.81. The highest BCUT2D eigenvalue weighted by Crippen LogP contribution is 2.33. The number of nitrogens with zero attached hydrogens (tertiary/aromatic N) is 1. The molecule has 0 spiro atoms. The van der Waals surface area contributed by atoms with Crippen molar-refractivity contribution in [3.63, 3.8) is 0 Å². The van der Waals surface area contributed by atoms with Gasteiger partial charge in [0.1, 0.15) is 0 Å². The zero-order chi connectivity index (χ0) is 13.8. The minimum absolute atomic E-state index is 0.176. The predicted octanol–water partition coefficient (Wildman–Crippen LogP) is 1.35. The van der Waals surface area contributed by atoms with Crippen molar-refractivity contribution >= 4 is 5.91 Å². The average Bonchev–Trinajstić information content (AvgIpc) is 2.35. The third-order valence-electron chi connectivity index (χ3n) is 4.74. The summed E-state index contributed by atoms with van der Waals surface area (Å²) in [5.41, 5.74) is 5.48. The van der Waals surface area contributed by atoms with E-state index in [1.165, 1.54) is 19.3 Å². The van der Waals surface area contributed by atoms with E-state index in [1.54, 1.807) is 0 Å². The van der Waals surface area contributed by atoms with Crippen LogP contribution in [-0.2, 0) is 4.79 Å². The Morgan fingerprint density at radius 3 is 2.21 bits per heavy atom. The lowest BCUT2D eigenvalue weighted by molar-refractivity contribution is -0.121. The summed E-state index contributed by atoms with van der Waals surface area (Å²) in [6.07, 6.45) is 6.06. The van der Waals surface area contributed by atoms with E-state index in [1.807, 2.05) is 0 Å². The van der Waals surface area contributed by atoms with Crippen molar-refractivity contribution in [1.82, 2.24) is 10.2 Å². The molecular formula is C15H29N3O. The Balaban J connectivity index is 2.04. The van der Waals surface area contributed by atoms with Crippen LogP contribution in [0.5, 0.6) is 0 Å². The van der Waals surface area contributed by atoms with Gasteiger partial charge in [0, 0.05) is 12.1 Å². The van der Waals surface area contributed by atoms with Crippen LogP contribution >= 0.6 is 0 Å². The molecule has 1 aliphatic carbocycles. The maximum atomic E-state index is 11.4. The van der Waals surface area contributed by atoms with Crippen molar-refractivity contribution in [2.75, 3.05) is 19.6 Å². The number of nitrogens with one attached hydrogen (secondary N) is 1. The molecule has 2 fully saturated rings. The molecule has 2 atom stereocenters. The number of hydrogen-bond donors (Lipinski definition) is 2. The van der Waals surface area contributed by atoms with Crippen molar-refractivity contribution in [2.45, 2.75) is 58.0 Å². The highest BCUT2D eigenvalue weighted by molar-refractivity contribution is 5.76. The number of nitrogens with two attached hydrogens (primary N) is 1. The molecule has 1 saturated carbocycles. The Morgan fingerprint density at radius 1 is 1.11 bits per heavy atom. The Bertz CT molecular complexity index is 292. The molecule has 2 aliphatic rings. The second-order valence-corrected chi connectivity index (χ2v) is 6.69. The van der Waals surface area contributed by atoms with Crippen LogP contribution in [0, 0.1) is 11.8 Å². The third kappa shape index (κ3) is 4.18. The quantitative estimate of drug-likeness (QED) is 0.808. The summed E-state index contributed by atoms with van der Waals surface area (Å²) in [4.78, 5) is 13.8. The smallest absolute Gasteiger partial charge is 0.231 e. The molecule has 1 saturated heterocycles. The van der Waals surface area contributed by atoms with Gasteiger partial charge in [-0.25, -0.2) is 0 Å². The monoisotopic (exact) mass is 267 g/mol. The van der Waals surface area contributed by atoms with Gasteiger partial charge in [-0.1, -0.05) is 13.8 Å². The maximum absolute atomic E-state index is 11.4. The van der Waals surface area contributed by atoms with E-state index in [-0.39, 0.29) is 5.91 Å². The van der Waals surface area contributed by atoms with Crippen LogP contribution in [0.4, 0.5) is 0 Å². The molecule has 0 aromatic rings. The van der Waals surface area contributed by atoms with Crippen molar-refractivity contribution in [1.29, 1.82) is 0 Å². The van der Waals surface area contributed by atoms with Crippen LogP contribution in [0.25, 0.3) is 0 Å². The van der Waals surface area contributed by atoms with Gasteiger partial charge >= 0.3 is 0 Å². The molecule has 3 N–H and O–H groups in total. The largest absolute Gasteiger partial charge is 0.369 e. The summed E-state index contributed by atoms with van der Waals surface area (Å²) >= 11 is 0. The van der Waals surface area contributed by atoms with Crippen molar-refractivity contribution in [2.24, 2.45) is 17.6 Å². The fourth-order valence-electron chi connectivity index (χ4n) is 4.05. The second kappa shape index (κ2) is 6.71. The lowest BCUT2D eigenvalue weighted by Crippen LogP contribution is -2.52. The number of amides is 1. The topological polar surface area (TPSA) is 58.4 Å². The SMILES string of the molecule is CC1CC(C)CC(N(CC(N)=O)C2CCNCC2)C1. The fraction of sp³-hybridized carbons (Fsp3) is 0.933. The van der Waals surface area contributed by atoms with Crippen LogP contribution < -0.4 is 11.1 Å². The van der Waals surface area contributed by atoms with Crippen molar-refractivity contribution in [3.8, 4) is 0 Å². The van der Waals surface area contributed by atoms with Gasteiger partial charge in [0.25, 0.3) is 0 Å². The number of piperidine rings is 1. The molecule has 1 heterocycles. The summed E-state index contributed by atoms with van der Waals surface area (Å²) < 4.78 is 0. The average molecular weight is 267 g/mol. The summed E-state index contributed by atoms with van der Waals surface area (Å²) in [5, 5.41) is 3.40. The zero-order valence-corrected chi connectivity index (χ0v) is 12.4. The van der Waals surface area contributed by atoms with Gasteiger partial charge in [-0.05, 0) is 57.0 Å². The van der Waals surface area contributed by atoms with E-state index in [4.69, 9.17) is 5.73 Å². The number of rotatable bonds is 4. The molecule has 2 unspecified atom stereocenters. The van der Waals surface area contributed by atoms with Gasteiger partial charge in [-0.15, -0.1) is 0 Å². The lowest BCUT2D eigenvalue weighted by atomic mass is 9.79. The second-order valence-electron chi connectivity index (χ2n) is 6.69. The standard InChI is InChI=1S/C15H29N3O/c1-11-7-12(2)9-14(8-11)18(10-15(16)19)13-3-5-17-6-4-13/h11-14,17H,3-10H2,1-2H3,(H2,16,19). The lowest BCUT2D eigenvalue weighted by Gasteiger charge is -2.44. The molecule has 0 aromatic carbocycles. The molecular weight excluding hydrogens is 238 g/mol. The Morgan fingerprint density at radius 2 is 1.68 bits per heavy atom. The van der Waals surface area contributed by atoms with Crippen LogP contribution in [0.3, 0.4) is 0 Å². The predicted molar refractivity (Wildman–Crippen MR) is 77.8 cm³/mol. The molecule has 1 aliphatic heterocycles. The minimum Gasteiger partial charge on any atom is -0.369 e. The number of carbonyl (C=O) groups is 1. The van der Waals surface area contributed by atoms with Crippen molar-refractivity contribution in [3.05, 3.63) is 0 Å². The van der Waals surface area contributed by atoms with Gasteiger partial charge in [0.2, 0.25) is 5.91 Å². The molecule has 0 aromatic heterocycles. The number of hydrogen-bond acceptors (Lipinski definition) is 3. The third-order valence-corrected chi connectivity index (χ3v) is 4.74. The molecule has 1 amide bonds. The van der Waals surface area contributed by atoms with E-state index >= 15 is 0 Å². The van der Waals surface area contributed by atoms with E-state index < -0.39 is 0 Å². The van der Waals surface area contributed by atoms with Gasteiger partial charge in [0.15, 0.2) is 0 Å². The van der Waals surface area contributed by atoms with Gasteiger partial charge in [-0.2, -0.15) is 0 Å².